The van der Waals surface area contributed by atoms with Crippen LogP contribution in [0.2, 0.25) is 0 Å². The number of nitrogens with zero attached hydrogens (tertiary/aromatic N) is 2. The lowest BCUT2D eigenvalue weighted by Crippen LogP contribution is -2.34. The van der Waals surface area contributed by atoms with Gasteiger partial charge < -0.3 is 9.67 Å². The van der Waals surface area contributed by atoms with Crippen LogP contribution in [-0.4, -0.2) is 20.6 Å². The van der Waals surface area contributed by atoms with E-state index in [1.165, 1.54) is 35.1 Å². The zero-order valence-electron chi connectivity index (χ0n) is 19.4. The number of carbonyl (C=O) groups is 1. The molecule has 0 radical (unpaired) electrons. The first-order valence-electron chi connectivity index (χ1n) is 11.3. The maximum absolute atomic E-state index is 11.1. The van der Waals surface area contributed by atoms with Gasteiger partial charge in [0, 0.05) is 18.9 Å². The summed E-state index contributed by atoms with van der Waals surface area (Å²) in [6.45, 7) is 10.3. The summed E-state index contributed by atoms with van der Waals surface area (Å²) in [5.41, 5.74) is 7.11. The number of fused-ring (bicyclic) bond motifs is 1. The molecule has 1 aliphatic rings. The fraction of sp³-hybridized carbons (Fsp3) is 0.357. The summed E-state index contributed by atoms with van der Waals surface area (Å²) < 4.78 is 2.12. The summed E-state index contributed by atoms with van der Waals surface area (Å²) in [4.78, 5) is 15.3. The van der Waals surface area contributed by atoms with Gasteiger partial charge in [-0.15, -0.1) is 0 Å². The fourth-order valence-corrected chi connectivity index (χ4v) is 4.64. The molecule has 4 heteroatoms. The van der Waals surface area contributed by atoms with Crippen LogP contribution in [0.3, 0.4) is 0 Å². The predicted octanol–water partition coefficient (Wildman–Crippen LogP) is 6.34. The Morgan fingerprint density at radius 3 is 2.28 bits per heavy atom. The normalized spacial score (nSPS) is 16.8. The van der Waals surface area contributed by atoms with Crippen molar-refractivity contribution >= 4 is 18.1 Å². The van der Waals surface area contributed by atoms with Gasteiger partial charge in [0.2, 0.25) is 0 Å². The number of aromatic carboxylic acids is 1. The van der Waals surface area contributed by atoms with E-state index in [9.17, 15) is 4.79 Å². The van der Waals surface area contributed by atoms with Gasteiger partial charge in [-0.05, 0) is 70.0 Å². The number of aryl methyl sites for hydroxylation is 2. The minimum atomic E-state index is -0.901. The first-order valence-corrected chi connectivity index (χ1v) is 11.3. The molecule has 4 nitrogen and oxygen atoms in total. The molecule has 0 atom stereocenters. The van der Waals surface area contributed by atoms with Crippen LogP contribution < -0.4 is 0 Å². The third kappa shape index (κ3) is 4.55. The molecule has 0 saturated carbocycles. The molecule has 1 aliphatic carbocycles. The van der Waals surface area contributed by atoms with E-state index in [1.807, 2.05) is 30.9 Å². The van der Waals surface area contributed by atoms with Gasteiger partial charge in [-0.25, -0.2) is 9.78 Å². The Kier molecular flexibility index (Phi) is 5.81. The largest absolute Gasteiger partial charge is 0.478 e. The molecule has 0 fully saturated rings. The minimum absolute atomic E-state index is 0.152. The zero-order valence-corrected chi connectivity index (χ0v) is 19.4. The Morgan fingerprint density at radius 1 is 1.03 bits per heavy atom. The Hall–Kier alpha value is -3.14. The monoisotopic (exact) mass is 428 g/mol. The van der Waals surface area contributed by atoms with Crippen molar-refractivity contribution in [3.05, 3.63) is 88.5 Å². The Bertz CT molecular complexity index is 1140. The number of benzene rings is 2. The molecule has 1 N–H and O–H groups in total. The molecule has 2 aromatic carbocycles. The SMILES string of the molecule is CC1(C)CCC(C)(C)c2cc(CCn3ccnc3)c(/C=C/c3ccc(C(=O)O)cc3)cc21. The fourth-order valence-electron chi connectivity index (χ4n) is 4.64. The number of carboxylic acid groups (broad SMARTS) is 1. The number of hydrogen-bond donors (Lipinski definition) is 1. The molecule has 0 unspecified atom stereocenters. The van der Waals surface area contributed by atoms with Gasteiger partial charge in [0.05, 0.1) is 11.9 Å². The summed E-state index contributed by atoms with van der Waals surface area (Å²) in [6, 6.07) is 11.8. The minimum Gasteiger partial charge on any atom is -0.478 e. The van der Waals surface area contributed by atoms with Crippen LogP contribution in [0.15, 0.2) is 55.1 Å². The van der Waals surface area contributed by atoms with E-state index in [4.69, 9.17) is 5.11 Å². The average molecular weight is 429 g/mol. The number of rotatable bonds is 6. The van der Waals surface area contributed by atoms with E-state index in [-0.39, 0.29) is 10.8 Å². The summed E-state index contributed by atoms with van der Waals surface area (Å²) in [5, 5.41) is 9.14. The van der Waals surface area contributed by atoms with E-state index < -0.39 is 5.97 Å². The molecule has 166 valence electrons. The predicted molar refractivity (Wildman–Crippen MR) is 130 cm³/mol. The molecule has 0 saturated heterocycles. The van der Waals surface area contributed by atoms with Crippen molar-refractivity contribution in [3.8, 4) is 0 Å². The van der Waals surface area contributed by atoms with E-state index in [0.29, 0.717) is 5.56 Å². The Morgan fingerprint density at radius 2 is 1.69 bits per heavy atom. The summed E-state index contributed by atoms with van der Waals surface area (Å²) in [5.74, 6) is -0.901. The van der Waals surface area contributed by atoms with Gasteiger partial charge in [-0.2, -0.15) is 0 Å². The van der Waals surface area contributed by atoms with Crippen LogP contribution in [0.5, 0.6) is 0 Å². The highest BCUT2D eigenvalue weighted by molar-refractivity contribution is 5.88. The summed E-state index contributed by atoms with van der Waals surface area (Å²) in [6.07, 6.45) is 13.3. The van der Waals surface area contributed by atoms with Gasteiger partial charge in [-0.3, -0.25) is 0 Å². The standard InChI is InChI=1S/C28H32N2O2/c1-27(2)12-13-28(3,4)25-18-23(11-15-30-16-14-29-19-30)22(17-24(25)27)10-7-20-5-8-21(9-6-20)26(31)32/h5-10,14,16-19H,11-13,15H2,1-4H3,(H,31,32)/b10-7+. The molecule has 0 amide bonds. The van der Waals surface area contributed by atoms with Crippen LogP contribution in [0.25, 0.3) is 12.2 Å². The molecular weight excluding hydrogens is 396 g/mol. The molecule has 0 aliphatic heterocycles. The first kappa shape index (κ1) is 22.1. The van der Waals surface area contributed by atoms with E-state index in [1.54, 1.807) is 12.1 Å². The van der Waals surface area contributed by atoms with Crippen molar-refractivity contribution in [1.29, 1.82) is 0 Å². The summed E-state index contributed by atoms with van der Waals surface area (Å²) >= 11 is 0. The Labute approximate surface area is 190 Å². The second kappa shape index (κ2) is 8.42. The van der Waals surface area contributed by atoms with Crippen LogP contribution in [-0.2, 0) is 23.8 Å². The second-order valence-corrected chi connectivity index (χ2v) is 10.2. The highest BCUT2D eigenvalue weighted by atomic mass is 16.4. The second-order valence-electron chi connectivity index (χ2n) is 10.2. The van der Waals surface area contributed by atoms with Gasteiger partial charge in [0.25, 0.3) is 0 Å². The highest BCUT2D eigenvalue weighted by Crippen LogP contribution is 2.46. The lowest BCUT2D eigenvalue weighted by Gasteiger charge is -2.42. The van der Waals surface area contributed by atoms with Crippen molar-refractivity contribution in [2.24, 2.45) is 0 Å². The van der Waals surface area contributed by atoms with Crippen molar-refractivity contribution in [1.82, 2.24) is 9.55 Å². The maximum atomic E-state index is 11.1. The first-order chi connectivity index (χ1) is 15.2. The van der Waals surface area contributed by atoms with Gasteiger partial charge in [-0.1, -0.05) is 64.1 Å². The van der Waals surface area contributed by atoms with E-state index in [2.05, 4.69) is 61.5 Å². The molecular formula is C28H32N2O2. The third-order valence-corrected chi connectivity index (χ3v) is 6.92. The number of carboxylic acids is 1. The average Bonchev–Trinajstić information content (AvgIpc) is 3.28. The number of imidazole rings is 1. The number of hydrogen-bond acceptors (Lipinski definition) is 2. The van der Waals surface area contributed by atoms with Crippen molar-refractivity contribution in [2.75, 3.05) is 0 Å². The molecule has 4 rings (SSSR count). The Balaban J connectivity index is 1.73. The highest BCUT2D eigenvalue weighted by Gasteiger charge is 2.37. The van der Waals surface area contributed by atoms with Gasteiger partial charge in [0.1, 0.15) is 0 Å². The van der Waals surface area contributed by atoms with Crippen molar-refractivity contribution in [2.45, 2.75) is 64.3 Å². The molecule has 1 heterocycles. The molecule has 32 heavy (non-hydrogen) atoms. The van der Waals surface area contributed by atoms with Crippen LogP contribution in [0.1, 0.15) is 78.7 Å². The zero-order chi connectivity index (χ0) is 22.9. The van der Waals surface area contributed by atoms with Crippen molar-refractivity contribution in [3.63, 3.8) is 0 Å². The van der Waals surface area contributed by atoms with E-state index >= 15 is 0 Å². The molecule has 3 aromatic rings. The number of aromatic nitrogens is 2. The molecule has 1 aromatic heterocycles. The van der Waals surface area contributed by atoms with Gasteiger partial charge in [0.15, 0.2) is 0 Å². The molecule has 0 bridgehead atoms. The van der Waals surface area contributed by atoms with Gasteiger partial charge >= 0.3 is 5.97 Å². The van der Waals surface area contributed by atoms with Crippen LogP contribution in [0.4, 0.5) is 0 Å². The smallest absolute Gasteiger partial charge is 0.335 e. The lowest BCUT2D eigenvalue weighted by molar-refractivity contribution is 0.0697. The van der Waals surface area contributed by atoms with Crippen LogP contribution in [0, 0.1) is 0 Å². The third-order valence-electron chi connectivity index (χ3n) is 6.92. The maximum Gasteiger partial charge on any atom is 0.335 e. The quantitative estimate of drug-likeness (QED) is 0.466. The molecule has 0 spiro atoms. The van der Waals surface area contributed by atoms with E-state index in [0.717, 1.165) is 18.5 Å². The lowest BCUT2D eigenvalue weighted by atomic mass is 9.62. The van der Waals surface area contributed by atoms with Crippen LogP contribution >= 0.6 is 0 Å². The summed E-state index contributed by atoms with van der Waals surface area (Å²) in [7, 11) is 0. The van der Waals surface area contributed by atoms with Crippen molar-refractivity contribution < 1.29 is 9.90 Å². The topological polar surface area (TPSA) is 55.1 Å².